The normalized spacial score (nSPS) is 16.5. The number of hydrogen-bond donors (Lipinski definition) is 1. The molecule has 2 heteroatoms. The Balaban J connectivity index is 3.84. The van der Waals surface area contributed by atoms with Gasteiger partial charge in [-0.3, -0.25) is 0 Å². The molecule has 66 valence electrons. The quantitative estimate of drug-likeness (QED) is 0.646. The van der Waals surface area contributed by atoms with E-state index in [1.165, 1.54) is 0 Å². The number of aliphatic hydroxyl groups is 1. The largest absolute Gasteiger partial charge is 0.392 e. The SMILES string of the molecule is C=CC(SC(C)C)C(O)CC. The van der Waals surface area contributed by atoms with Crippen molar-refractivity contribution in [3.63, 3.8) is 0 Å². The van der Waals surface area contributed by atoms with E-state index in [0.717, 1.165) is 6.42 Å². The summed E-state index contributed by atoms with van der Waals surface area (Å²) in [4.78, 5) is 0. The van der Waals surface area contributed by atoms with Gasteiger partial charge in [-0.1, -0.05) is 26.8 Å². The second kappa shape index (κ2) is 5.67. The van der Waals surface area contributed by atoms with Crippen LogP contribution in [0.4, 0.5) is 0 Å². The summed E-state index contributed by atoms with van der Waals surface area (Å²) in [5.74, 6) is 0. The molecular formula is C9H18OS. The zero-order chi connectivity index (χ0) is 8.85. The van der Waals surface area contributed by atoms with Crippen molar-refractivity contribution in [2.45, 2.75) is 43.8 Å². The zero-order valence-corrected chi connectivity index (χ0v) is 8.40. The summed E-state index contributed by atoms with van der Waals surface area (Å²) in [5.41, 5.74) is 0. The van der Waals surface area contributed by atoms with Gasteiger partial charge in [-0.2, -0.15) is 0 Å². The molecule has 0 heterocycles. The van der Waals surface area contributed by atoms with E-state index in [4.69, 9.17) is 0 Å². The highest BCUT2D eigenvalue weighted by molar-refractivity contribution is 8.00. The Labute approximate surface area is 73.9 Å². The van der Waals surface area contributed by atoms with Gasteiger partial charge < -0.3 is 5.11 Å². The molecule has 0 aromatic heterocycles. The molecule has 2 unspecified atom stereocenters. The Kier molecular flexibility index (Phi) is 5.69. The fourth-order valence-electron chi connectivity index (χ4n) is 0.850. The fraction of sp³-hybridized carbons (Fsp3) is 0.778. The van der Waals surface area contributed by atoms with Crippen LogP contribution in [0.15, 0.2) is 12.7 Å². The molecule has 11 heavy (non-hydrogen) atoms. The van der Waals surface area contributed by atoms with Crippen LogP contribution in [-0.4, -0.2) is 21.7 Å². The van der Waals surface area contributed by atoms with Crippen LogP contribution < -0.4 is 0 Å². The maximum Gasteiger partial charge on any atom is 0.0691 e. The lowest BCUT2D eigenvalue weighted by Crippen LogP contribution is -2.21. The van der Waals surface area contributed by atoms with E-state index < -0.39 is 0 Å². The van der Waals surface area contributed by atoms with Crippen LogP contribution in [0.3, 0.4) is 0 Å². The van der Waals surface area contributed by atoms with Crippen molar-refractivity contribution in [2.24, 2.45) is 0 Å². The van der Waals surface area contributed by atoms with Gasteiger partial charge in [0.2, 0.25) is 0 Å². The van der Waals surface area contributed by atoms with Crippen LogP contribution in [0.1, 0.15) is 27.2 Å². The van der Waals surface area contributed by atoms with Crippen LogP contribution in [0.25, 0.3) is 0 Å². The smallest absolute Gasteiger partial charge is 0.0691 e. The predicted molar refractivity (Wildman–Crippen MR) is 53.0 cm³/mol. The molecule has 0 fully saturated rings. The van der Waals surface area contributed by atoms with Crippen molar-refractivity contribution >= 4 is 11.8 Å². The minimum absolute atomic E-state index is 0.194. The van der Waals surface area contributed by atoms with Crippen molar-refractivity contribution in [3.05, 3.63) is 12.7 Å². The first kappa shape index (κ1) is 11.1. The standard InChI is InChI=1S/C9H18OS/c1-5-8(10)9(6-2)11-7(3)4/h6-10H,2,5H2,1,3-4H3. The Morgan fingerprint density at radius 3 is 2.36 bits per heavy atom. The van der Waals surface area contributed by atoms with E-state index in [1.807, 2.05) is 13.0 Å². The summed E-state index contributed by atoms with van der Waals surface area (Å²) in [5, 5.41) is 10.2. The van der Waals surface area contributed by atoms with Crippen molar-refractivity contribution in [1.82, 2.24) is 0 Å². The molecule has 0 spiro atoms. The topological polar surface area (TPSA) is 20.2 Å². The maximum atomic E-state index is 9.47. The molecule has 0 aliphatic carbocycles. The van der Waals surface area contributed by atoms with E-state index in [-0.39, 0.29) is 11.4 Å². The van der Waals surface area contributed by atoms with Gasteiger partial charge in [-0.05, 0) is 11.7 Å². The van der Waals surface area contributed by atoms with Gasteiger partial charge in [0.05, 0.1) is 6.10 Å². The Bertz CT molecular complexity index is 112. The first-order valence-electron chi connectivity index (χ1n) is 4.07. The number of aliphatic hydroxyl groups excluding tert-OH is 1. The summed E-state index contributed by atoms with van der Waals surface area (Å²) in [7, 11) is 0. The molecule has 1 N–H and O–H groups in total. The molecule has 2 atom stereocenters. The lowest BCUT2D eigenvalue weighted by molar-refractivity contribution is 0.178. The average molecular weight is 174 g/mol. The number of thioether (sulfide) groups is 1. The lowest BCUT2D eigenvalue weighted by atomic mass is 10.2. The third-order valence-corrected chi connectivity index (χ3v) is 2.82. The highest BCUT2D eigenvalue weighted by Gasteiger charge is 2.15. The Hall–Kier alpha value is 0.0500. The Morgan fingerprint density at radius 2 is 2.09 bits per heavy atom. The zero-order valence-electron chi connectivity index (χ0n) is 7.58. The van der Waals surface area contributed by atoms with Crippen LogP contribution >= 0.6 is 11.8 Å². The summed E-state index contributed by atoms with van der Waals surface area (Å²) in [6.07, 6.45) is 2.40. The summed E-state index contributed by atoms with van der Waals surface area (Å²) >= 11 is 1.76. The maximum absolute atomic E-state index is 9.47. The molecule has 0 aromatic carbocycles. The average Bonchev–Trinajstić information content (AvgIpc) is 1.98. The van der Waals surface area contributed by atoms with Gasteiger partial charge in [0.15, 0.2) is 0 Å². The molecule has 0 aliphatic rings. The van der Waals surface area contributed by atoms with Gasteiger partial charge in [-0.15, -0.1) is 18.3 Å². The van der Waals surface area contributed by atoms with E-state index in [9.17, 15) is 5.11 Å². The van der Waals surface area contributed by atoms with E-state index >= 15 is 0 Å². The molecule has 0 bridgehead atoms. The molecule has 1 nitrogen and oxygen atoms in total. The first-order chi connectivity index (χ1) is 5.11. The van der Waals surface area contributed by atoms with Gasteiger partial charge in [0, 0.05) is 5.25 Å². The van der Waals surface area contributed by atoms with E-state index in [1.54, 1.807) is 11.8 Å². The lowest BCUT2D eigenvalue weighted by Gasteiger charge is -2.19. The third kappa shape index (κ3) is 4.49. The second-order valence-electron chi connectivity index (χ2n) is 2.86. The Morgan fingerprint density at radius 1 is 1.55 bits per heavy atom. The summed E-state index contributed by atoms with van der Waals surface area (Å²) in [6, 6.07) is 0. The molecular weight excluding hydrogens is 156 g/mol. The van der Waals surface area contributed by atoms with Gasteiger partial charge in [-0.25, -0.2) is 0 Å². The van der Waals surface area contributed by atoms with E-state index in [2.05, 4.69) is 20.4 Å². The van der Waals surface area contributed by atoms with E-state index in [0.29, 0.717) is 5.25 Å². The van der Waals surface area contributed by atoms with Crippen molar-refractivity contribution in [1.29, 1.82) is 0 Å². The summed E-state index contributed by atoms with van der Waals surface area (Å²) in [6.45, 7) is 9.95. The summed E-state index contributed by atoms with van der Waals surface area (Å²) < 4.78 is 0. The third-order valence-electron chi connectivity index (χ3n) is 1.46. The number of rotatable bonds is 5. The van der Waals surface area contributed by atoms with Gasteiger partial charge in [0.25, 0.3) is 0 Å². The molecule has 0 saturated carbocycles. The van der Waals surface area contributed by atoms with Crippen LogP contribution in [0.2, 0.25) is 0 Å². The predicted octanol–water partition coefficient (Wildman–Crippen LogP) is 2.45. The van der Waals surface area contributed by atoms with Crippen molar-refractivity contribution < 1.29 is 5.11 Å². The van der Waals surface area contributed by atoms with Crippen molar-refractivity contribution in [2.75, 3.05) is 0 Å². The van der Waals surface area contributed by atoms with Crippen molar-refractivity contribution in [3.8, 4) is 0 Å². The van der Waals surface area contributed by atoms with Crippen LogP contribution in [0, 0.1) is 0 Å². The molecule has 0 radical (unpaired) electrons. The fourth-order valence-corrected chi connectivity index (χ4v) is 1.96. The highest BCUT2D eigenvalue weighted by atomic mass is 32.2. The molecule has 0 aliphatic heterocycles. The minimum Gasteiger partial charge on any atom is -0.392 e. The second-order valence-corrected chi connectivity index (χ2v) is 4.62. The minimum atomic E-state index is -0.236. The molecule has 0 aromatic rings. The first-order valence-corrected chi connectivity index (χ1v) is 5.02. The van der Waals surface area contributed by atoms with Gasteiger partial charge in [0.1, 0.15) is 0 Å². The molecule has 0 rings (SSSR count). The number of hydrogen-bond acceptors (Lipinski definition) is 2. The highest BCUT2D eigenvalue weighted by Crippen LogP contribution is 2.22. The van der Waals surface area contributed by atoms with Crippen LogP contribution in [-0.2, 0) is 0 Å². The van der Waals surface area contributed by atoms with Gasteiger partial charge >= 0.3 is 0 Å². The van der Waals surface area contributed by atoms with Crippen LogP contribution in [0.5, 0.6) is 0 Å². The monoisotopic (exact) mass is 174 g/mol. The molecule has 0 saturated heterocycles. The molecule has 0 amide bonds.